The summed E-state index contributed by atoms with van der Waals surface area (Å²) in [6, 6.07) is 0.473. The SMILES string of the molecule is CC(C)(C)Nc1nc(NC2CCCCC2)nc(N2CCOCC2)n1. The molecule has 134 valence electrons. The van der Waals surface area contributed by atoms with Crippen molar-refractivity contribution in [3.05, 3.63) is 0 Å². The second-order valence-electron chi connectivity index (χ2n) is 7.74. The van der Waals surface area contributed by atoms with Gasteiger partial charge in [0.15, 0.2) is 0 Å². The van der Waals surface area contributed by atoms with Crippen LogP contribution >= 0.6 is 0 Å². The lowest BCUT2D eigenvalue weighted by Gasteiger charge is -2.29. The lowest BCUT2D eigenvalue weighted by atomic mass is 9.96. The van der Waals surface area contributed by atoms with Gasteiger partial charge < -0.3 is 20.3 Å². The molecule has 1 aromatic heterocycles. The lowest BCUT2D eigenvalue weighted by molar-refractivity contribution is 0.122. The van der Waals surface area contributed by atoms with Crippen LogP contribution in [0.4, 0.5) is 17.8 Å². The van der Waals surface area contributed by atoms with Gasteiger partial charge in [0.1, 0.15) is 0 Å². The minimum Gasteiger partial charge on any atom is -0.378 e. The highest BCUT2D eigenvalue weighted by molar-refractivity contribution is 5.45. The molecule has 1 aliphatic carbocycles. The maximum atomic E-state index is 5.44. The van der Waals surface area contributed by atoms with Gasteiger partial charge in [-0.05, 0) is 33.6 Å². The number of hydrogen-bond donors (Lipinski definition) is 2. The summed E-state index contributed by atoms with van der Waals surface area (Å²) in [4.78, 5) is 16.1. The van der Waals surface area contributed by atoms with Gasteiger partial charge in [-0.3, -0.25) is 0 Å². The van der Waals surface area contributed by atoms with Crippen LogP contribution in [0.3, 0.4) is 0 Å². The topological polar surface area (TPSA) is 75.2 Å². The summed E-state index contributed by atoms with van der Waals surface area (Å²) in [5, 5.41) is 6.90. The van der Waals surface area contributed by atoms with Crippen molar-refractivity contribution in [1.29, 1.82) is 0 Å². The molecule has 2 aliphatic rings. The normalized spacial score (nSPS) is 20.0. The van der Waals surface area contributed by atoms with Gasteiger partial charge in [0.05, 0.1) is 13.2 Å². The van der Waals surface area contributed by atoms with E-state index in [0.29, 0.717) is 17.9 Å². The summed E-state index contributed by atoms with van der Waals surface area (Å²) in [7, 11) is 0. The molecule has 0 unspecified atom stereocenters. The second-order valence-corrected chi connectivity index (χ2v) is 7.74. The van der Waals surface area contributed by atoms with Gasteiger partial charge in [-0.2, -0.15) is 15.0 Å². The minimum atomic E-state index is -0.0915. The monoisotopic (exact) mass is 334 g/mol. The minimum absolute atomic E-state index is 0.0915. The Hall–Kier alpha value is -1.63. The van der Waals surface area contributed by atoms with Gasteiger partial charge in [0.25, 0.3) is 0 Å². The van der Waals surface area contributed by atoms with E-state index in [-0.39, 0.29) is 5.54 Å². The summed E-state index contributed by atoms with van der Waals surface area (Å²) in [6.45, 7) is 9.42. The van der Waals surface area contributed by atoms with Crippen LogP contribution in [-0.4, -0.2) is 52.8 Å². The van der Waals surface area contributed by atoms with Crippen molar-refractivity contribution in [1.82, 2.24) is 15.0 Å². The predicted octanol–water partition coefficient (Wildman–Crippen LogP) is 2.66. The Balaban J connectivity index is 1.80. The van der Waals surface area contributed by atoms with Crippen LogP contribution in [-0.2, 0) is 4.74 Å². The third-order valence-electron chi connectivity index (χ3n) is 4.34. The average molecular weight is 334 g/mol. The highest BCUT2D eigenvalue weighted by atomic mass is 16.5. The maximum absolute atomic E-state index is 5.44. The highest BCUT2D eigenvalue weighted by Crippen LogP contribution is 2.22. The van der Waals surface area contributed by atoms with Crippen molar-refractivity contribution < 1.29 is 4.74 Å². The van der Waals surface area contributed by atoms with Crippen molar-refractivity contribution >= 4 is 17.8 Å². The van der Waals surface area contributed by atoms with E-state index >= 15 is 0 Å². The molecule has 0 amide bonds. The molecular weight excluding hydrogens is 304 g/mol. The van der Waals surface area contributed by atoms with Crippen molar-refractivity contribution in [2.24, 2.45) is 0 Å². The molecule has 1 aromatic rings. The number of ether oxygens (including phenoxy) is 1. The largest absolute Gasteiger partial charge is 0.378 e. The third kappa shape index (κ3) is 4.93. The summed E-state index contributed by atoms with van der Waals surface area (Å²) in [5.41, 5.74) is -0.0915. The summed E-state index contributed by atoms with van der Waals surface area (Å²) < 4.78 is 5.44. The molecule has 1 aliphatic heterocycles. The van der Waals surface area contributed by atoms with Crippen molar-refractivity contribution in [3.8, 4) is 0 Å². The Bertz CT molecular complexity index is 532. The first-order chi connectivity index (χ1) is 11.5. The summed E-state index contributed by atoms with van der Waals surface area (Å²) in [6.07, 6.45) is 6.30. The van der Waals surface area contributed by atoms with Crippen molar-refractivity contribution in [2.45, 2.75) is 64.5 Å². The fraction of sp³-hybridized carbons (Fsp3) is 0.824. The fourth-order valence-corrected chi connectivity index (χ4v) is 3.15. The smallest absolute Gasteiger partial charge is 0.232 e. The molecular formula is C17H30N6O. The molecule has 3 rings (SSSR count). The number of anilines is 3. The van der Waals surface area contributed by atoms with E-state index < -0.39 is 0 Å². The standard InChI is InChI=1S/C17H30N6O/c1-17(2,3)22-15-19-14(18-13-7-5-4-6-8-13)20-16(21-15)23-9-11-24-12-10-23/h13H,4-12H2,1-3H3,(H2,18,19,20,21,22). The van der Waals surface area contributed by atoms with Gasteiger partial charge in [0, 0.05) is 24.7 Å². The molecule has 0 spiro atoms. The van der Waals surface area contributed by atoms with Gasteiger partial charge >= 0.3 is 0 Å². The zero-order valence-corrected chi connectivity index (χ0v) is 15.1. The van der Waals surface area contributed by atoms with Gasteiger partial charge in [-0.25, -0.2) is 0 Å². The molecule has 24 heavy (non-hydrogen) atoms. The molecule has 0 aromatic carbocycles. The molecule has 1 saturated carbocycles. The number of morpholine rings is 1. The van der Waals surface area contributed by atoms with Gasteiger partial charge in [-0.15, -0.1) is 0 Å². The molecule has 2 N–H and O–H groups in total. The van der Waals surface area contributed by atoms with Gasteiger partial charge in [0.2, 0.25) is 17.8 Å². The van der Waals surface area contributed by atoms with E-state index in [9.17, 15) is 0 Å². The van der Waals surface area contributed by atoms with Crippen molar-refractivity contribution in [3.63, 3.8) is 0 Å². The summed E-state index contributed by atoms with van der Waals surface area (Å²) >= 11 is 0. The summed E-state index contributed by atoms with van der Waals surface area (Å²) in [5.74, 6) is 2.06. The lowest BCUT2D eigenvalue weighted by Crippen LogP contribution is -2.38. The zero-order valence-electron chi connectivity index (χ0n) is 15.1. The molecule has 7 nitrogen and oxygen atoms in total. The first kappa shape index (κ1) is 17.2. The van der Waals surface area contributed by atoms with Crippen LogP contribution in [0.5, 0.6) is 0 Å². The Labute approximate surface area is 144 Å². The van der Waals surface area contributed by atoms with E-state index in [2.05, 4.69) is 51.3 Å². The highest BCUT2D eigenvalue weighted by Gasteiger charge is 2.20. The number of hydrogen-bond acceptors (Lipinski definition) is 7. The molecule has 0 radical (unpaired) electrons. The van der Waals surface area contributed by atoms with Crippen LogP contribution in [0.25, 0.3) is 0 Å². The van der Waals surface area contributed by atoms with Crippen LogP contribution in [0, 0.1) is 0 Å². The molecule has 1 saturated heterocycles. The fourth-order valence-electron chi connectivity index (χ4n) is 3.15. The number of aromatic nitrogens is 3. The first-order valence-electron chi connectivity index (χ1n) is 9.13. The first-order valence-corrected chi connectivity index (χ1v) is 9.13. The quantitative estimate of drug-likeness (QED) is 0.876. The van der Waals surface area contributed by atoms with E-state index in [1.54, 1.807) is 0 Å². The molecule has 0 atom stereocenters. The van der Waals surface area contributed by atoms with Gasteiger partial charge in [-0.1, -0.05) is 19.3 Å². The molecule has 2 fully saturated rings. The Morgan fingerprint density at radius 1 is 0.958 bits per heavy atom. The Kier molecular flexibility index (Phi) is 5.38. The Morgan fingerprint density at radius 2 is 1.62 bits per heavy atom. The van der Waals surface area contributed by atoms with Crippen molar-refractivity contribution in [2.75, 3.05) is 41.8 Å². The number of nitrogens with zero attached hydrogens (tertiary/aromatic N) is 4. The predicted molar refractivity (Wildman–Crippen MR) is 96.7 cm³/mol. The van der Waals surface area contributed by atoms with Crippen LogP contribution in [0.1, 0.15) is 52.9 Å². The van der Waals surface area contributed by atoms with E-state index in [1.807, 2.05) is 0 Å². The average Bonchev–Trinajstić information content (AvgIpc) is 2.55. The maximum Gasteiger partial charge on any atom is 0.232 e. The second kappa shape index (κ2) is 7.51. The van der Waals surface area contributed by atoms with E-state index in [0.717, 1.165) is 32.3 Å². The third-order valence-corrected chi connectivity index (χ3v) is 4.34. The molecule has 0 bridgehead atoms. The molecule has 7 heteroatoms. The molecule has 2 heterocycles. The van der Waals surface area contributed by atoms with Crippen LogP contribution in [0.2, 0.25) is 0 Å². The zero-order chi connectivity index (χ0) is 17.0. The Morgan fingerprint density at radius 3 is 2.29 bits per heavy atom. The van der Waals surface area contributed by atoms with E-state index in [4.69, 9.17) is 4.74 Å². The number of nitrogens with one attached hydrogen (secondary N) is 2. The van der Waals surface area contributed by atoms with E-state index in [1.165, 1.54) is 32.1 Å². The number of rotatable bonds is 4. The van der Waals surface area contributed by atoms with Crippen LogP contribution < -0.4 is 15.5 Å². The van der Waals surface area contributed by atoms with Crippen LogP contribution in [0.15, 0.2) is 0 Å².